The van der Waals surface area contributed by atoms with Gasteiger partial charge in [0.2, 0.25) is 0 Å². The van der Waals surface area contributed by atoms with Crippen molar-refractivity contribution in [2.45, 2.75) is 20.3 Å². The molecule has 0 aromatic rings. The summed E-state index contributed by atoms with van der Waals surface area (Å²) < 4.78 is 0. The molecule has 0 saturated heterocycles. The highest BCUT2D eigenvalue weighted by molar-refractivity contribution is 5.57. The van der Waals surface area contributed by atoms with Crippen LogP contribution >= 0.6 is 0 Å². The highest BCUT2D eigenvalue weighted by Crippen LogP contribution is 2.35. The minimum atomic E-state index is -0.0805. The summed E-state index contributed by atoms with van der Waals surface area (Å²) in [5, 5.41) is 9.03. The molecule has 0 amide bonds. The number of carbonyl (C=O) groups excluding carboxylic acids is 1. The topological polar surface area (TPSA) is 37.3 Å². The molecule has 2 atom stereocenters. The van der Waals surface area contributed by atoms with Gasteiger partial charge in [-0.1, -0.05) is 26.0 Å². The number of allylic oxidation sites excluding steroid dienone is 2. The van der Waals surface area contributed by atoms with E-state index in [0.717, 1.165) is 12.7 Å². The van der Waals surface area contributed by atoms with Crippen molar-refractivity contribution in [2.75, 3.05) is 6.61 Å². The minimum Gasteiger partial charge on any atom is -0.396 e. The quantitative estimate of drug-likeness (QED) is 0.500. The van der Waals surface area contributed by atoms with Crippen LogP contribution in [0.2, 0.25) is 0 Å². The summed E-state index contributed by atoms with van der Waals surface area (Å²) in [7, 11) is 0. The van der Waals surface area contributed by atoms with Crippen molar-refractivity contribution in [2.24, 2.45) is 17.3 Å². The second kappa shape index (κ2) is 3.40. The number of carbonyl (C=O) groups is 1. The van der Waals surface area contributed by atoms with Crippen LogP contribution in [-0.4, -0.2) is 18.0 Å². The Bertz CT molecular complexity index is 194. The second-order valence-corrected chi connectivity index (χ2v) is 4.21. The highest BCUT2D eigenvalue weighted by Gasteiger charge is 2.29. The Hall–Kier alpha value is -0.630. The first-order chi connectivity index (χ1) is 5.59. The number of hydrogen-bond donors (Lipinski definition) is 1. The molecule has 2 heteroatoms. The number of hydrogen-bond acceptors (Lipinski definition) is 2. The van der Waals surface area contributed by atoms with Gasteiger partial charge >= 0.3 is 0 Å². The highest BCUT2D eigenvalue weighted by atomic mass is 16.3. The van der Waals surface area contributed by atoms with Crippen LogP contribution in [0.1, 0.15) is 20.3 Å². The molecule has 1 rings (SSSR count). The van der Waals surface area contributed by atoms with E-state index in [1.54, 1.807) is 0 Å². The van der Waals surface area contributed by atoms with Gasteiger partial charge in [-0.3, -0.25) is 0 Å². The van der Waals surface area contributed by atoms with Gasteiger partial charge < -0.3 is 9.90 Å². The summed E-state index contributed by atoms with van der Waals surface area (Å²) in [6.45, 7) is 4.34. The number of aliphatic hydroxyl groups excluding tert-OH is 1. The van der Waals surface area contributed by atoms with Crippen LogP contribution in [0.5, 0.6) is 0 Å². The third-order valence-corrected chi connectivity index (χ3v) is 2.49. The van der Waals surface area contributed by atoms with Crippen LogP contribution < -0.4 is 0 Å². The van der Waals surface area contributed by atoms with Crippen LogP contribution in [0.15, 0.2) is 12.2 Å². The number of rotatable bonds is 2. The van der Waals surface area contributed by atoms with Crippen LogP contribution in [0.4, 0.5) is 0 Å². The van der Waals surface area contributed by atoms with Gasteiger partial charge in [0, 0.05) is 12.5 Å². The molecule has 0 aromatic heterocycles. The fourth-order valence-electron chi connectivity index (χ4n) is 1.75. The average molecular weight is 168 g/mol. The Balaban J connectivity index is 2.75. The molecule has 1 N–H and O–H groups in total. The normalized spacial score (nSPS) is 33.2. The van der Waals surface area contributed by atoms with Crippen molar-refractivity contribution < 1.29 is 9.90 Å². The van der Waals surface area contributed by atoms with Crippen molar-refractivity contribution in [3.8, 4) is 0 Å². The molecule has 2 nitrogen and oxygen atoms in total. The first-order valence-electron chi connectivity index (χ1n) is 4.34. The number of aliphatic hydroxyl groups is 1. The molecule has 12 heavy (non-hydrogen) atoms. The maximum Gasteiger partial charge on any atom is 0.127 e. The smallest absolute Gasteiger partial charge is 0.127 e. The van der Waals surface area contributed by atoms with E-state index in [1.807, 2.05) is 6.08 Å². The summed E-state index contributed by atoms with van der Waals surface area (Å²) >= 11 is 0. The molecule has 0 aliphatic heterocycles. The van der Waals surface area contributed by atoms with Crippen molar-refractivity contribution in [3.63, 3.8) is 0 Å². The summed E-state index contributed by atoms with van der Waals surface area (Å²) in [5.74, 6) is 0.0329. The van der Waals surface area contributed by atoms with Gasteiger partial charge in [0.1, 0.15) is 6.29 Å². The molecule has 1 aliphatic rings. The van der Waals surface area contributed by atoms with E-state index >= 15 is 0 Å². The lowest BCUT2D eigenvalue weighted by Gasteiger charge is -2.32. The van der Waals surface area contributed by atoms with Gasteiger partial charge in [-0.05, 0) is 17.8 Å². The van der Waals surface area contributed by atoms with Crippen LogP contribution in [0, 0.1) is 17.3 Å². The van der Waals surface area contributed by atoms with Gasteiger partial charge in [0.15, 0.2) is 0 Å². The van der Waals surface area contributed by atoms with Crippen LogP contribution in [-0.2, 0) is 4.79 Å². The summed E-state index contributed by atoms with van der Waals surface area (Å²) in [4.78, 5) is 10.6. The Morgan fingerprint density at radius 3 is 2.83 bits per heavy atom. The van der Waals surface area contributed by atoms with Crippen molar-refractivity contribution in [3.05, 3.63) is 12.2 Å². The Kier molecular flexibility index (Phi) is 2.68. The summed E-state index contributed by atoms with van der Waals surface area (Å²) in [6.07, 6.45) is 5.80. The van der Waals surface area contributed by atoms with E-state index in [9.17, 15) is 4.79 Å². The molecular formula is C10H16O2. The van der Waals surface area contributed by atoms with Gasteiger partial charge in [0.25, 0.3) is 0 Å². The Morgan fingerprint density at radius 2 is 2.33 bits per heavy atom. The van der Waals surface area contributed by atoms with E-state index in [-0.39, 0.29) is 23.9 Å². The maximum absolute atomic E-state index is 10.6. The predicted molar refractivity (Wildman–Crippen MR) is 47.7 cm³/mol. The fourth-order valence-corrected chi connectivity index (χ4v) is 1.75. The average Bonchev–Trinajstić information content (AvgIpc) is 2.03. The molecule has 0 spiro atoms. The Morgan fingerprint density at radius 1 is 1.67 bits per heavy atom. The molecule has 1 aliphatic carbocycles. The minimum absolute atomic E-state index is 0.0805. The predicted octanol–water partition coefficient (Wildman–Crippen LogP) is 1.40. The largest absolute Gasteiger partial charge is 0.396 e. The third-order valence-electron chi connectivity index (χ3n) is 2.49. The molecule has 0 radical (unpaired) electrons. The van der Waals surface area contributed by atoms with E-state index < -0.39 is 0 Å². The molecule has 0 aromatic carbocycles. The van der Waals surface area contributed by atoms with E-state index in [0.29, 0.717) is 0 Å². The first kappa shape index (κ1) is 9.46. The SMILES string of the molecule is CC1(C)C=CC(C=O)C(CO)C1. The zero-order valence-corrected chi connectivity index (χ0v) is 7.66. The summed E-state index contributed by atoms with van der Waals surface area (Å²) in [5.41, 5.74) is 0.132. The molecule has 0 heterocycles. The molecule has 0 fully saturated rings. The van der Waals surface area contributed by atoms with Gasteiger partial charge in [-0.15, -0.1) is 0 Å². The van der Waals surface area contributed by atoms with Crippen LogP contribution in [0.3, 0.4) is 0 Å². The maximum atomic E-state index is 10.6. The van der Waals surface area contributed by atoms with Crippen molar-refractivity contribution in [1.29, 1.82) is 0 Å². The second-order valence-electron chi connectivity index (χ2n) is 4.21. The monoisotopic (exact) mass is 168 g/mol. The van der Waals surface area contributed by atoms with Crippen LogP contribution in [0.25, 0.3) is 0 Å². The zero-order chi connectivity index (χ0) is 9.19. The van der Waals surface area contributed by atoms with E-state index in [4.69, 9.17) is 5.11 Å². The lowest BCUT2D eigenvalue weighted by Crippen LogP contribution is -2.28. The standard InChI is InChI=1S/C10H16O2/c1-10(2)4-3-8(6-11)9(5-10)7-12/h3-4,6,8-9,12H,5,7H2,1-2H3. The fraction of sp³-hybridized carbons (Fsp3) is 0.700. The number of aldehydes is 1. The zero-order valence-electron chi connectivity index (χ0n) is 7.66. The molecule has 0 saturated carbocycles. The molecule has 68 valence electrons. The molecular weight excluding hydrogens is 152 g/mol. The van der Waals surface area contributed by atoms with Crippen molar-refractivity contribution in [1.82, 2.24) is 0 Å². The first-order valence-corrected chi connectivity index (χ1v) is 4.34. The van der Waals surface area contributed by atoms with E-state index in [1.165, 1.54) is 0 Å². The van der Waals surface area contributed by atoms with E-state index in [2.05, 4.69) is 19.9 Å². The van der Waals surface area contributed by atoms with Gasteiger partial charge in [0.05, 0.1) is 0 Å². The third kappa shape index (κ3) is 1.95. The lowest BCUT2D eigenvalue weighted by molar-refractivity contribution is -0.112. The van der Waals surface area contributed by atoms with Crippen molar-refractivity contribution >= 4 is 6.29 Å². The van der Waals surface area contributed by atoms with Gasteiger partial charge in [-0.25, -0.2) is 0 Å². The lowest BCUT2D eigenvalue weighted by atomic mass is 9.73. The van der Waals surface area contributed by atoms with Gasteiger partial charge in [-0.2, -0.15) is 0 Å². The Labute approximate surface area is 73.3 Å². The molecule has 0 bridgehead atoms. The summed E-state index contributed by atoms with van der Waals surface area (Å²) in [6, 6.07) is 0. The molecule has 2 unspecified atom stereocenters.